The van der Waals surface area contributed by atoms with Crippen molar-refractivity contribution in [1.82, 2.24) is 15.0 Å². The lowest BCUT2D eigenvalue weighted by Crippen LogP contribution is -2.29. The molecule has 0 saturated carbocycles. The third-order valence-electron chi connectivity index (χ3n) is 3.62. The van der Waals surface area contributed by atoms with E-state index in [9.17, 15) is 9.59 Å². The summed E-state index contributed by atoms with van der Waals surface area (Å²) in [6.07, 6.45) is 0. The number of nitrogens with zero attached hydrogens (tertiary/aromatic N) is 1. The van der Waals surface area contributed by atoms with Crippen molar-refractivity contribution in [2.75, 3.05) is 5.32 Å². The number of benzene rings is 1. The van der Waals surface area contributed by atoms with Gasteiger partial charge in [0.1, 0.15) is 5.65 Å². The molecule has 2 heterocycles. The second kappa shape index (κ2) is 6.70. The molecule has 0 aliphatic rings. The Labute approximate surface area is 155 Å². The number of H-pyrrole nitrogens is 2. The second-order valence-electron chi connectivity index (χ2n) is 6.79. The molecule has 3 aromatic rings. The van der Waals surface area contributed by atoms with Gasteiger partial charge in [0.15, 0.2) is 0 Å². The number of rotatable bonds is 1. The van der Waals surface area contributed by atoms with Crippen molar-refractivity contribution in [3.05, 3.63) is 57.0 Å². The zero-order chi connectivity index (χ0) is 18.9. The summed E-state index contributed by atoms with van der Waals surface area (Å²) >= 11 is 6.08. The van der Waals surface area contributed by atoms with Crippen LogP contribution in [0.2, 0.25) is 5.02 Å². The van der Waals surface area contributed by atoms with E-state index < -0.39 is 5.41 Å². The molecule has 3 rings (SSSR count). The number of hydrogen-bond acceptors (Lipinski definition) is 3. The molecule has 1 amide bonds. The number of fused-ring (bicyclic) bond motifs is 1. The summed E-state index contributed by atoms with van der Waals surface area (Å²) in [5.41, 5.74) is 0.599. The zero-order valence-corrected chi connectivity index (χ0v) is 15.3. The van der Waals surface area contributed by atoms with Gasteiger partial charge in [-0.1, -0.05) is 50.4 Å². The minimum absolute atomic E-state index is 0.0925. The quantitative estimate of drug-likeness (QED) is 0.575. The average Bonchev–Trinajstić information content (AvgIpc) is 2.97. The molecule has 132 valence electrons. The Hall–Kier alpha value is -3.04. The lowest BCUT2D eigenvalue weighted by Gasteiger charge is -2.16. The molecule has 0 aliphatic heterocycles. The van der Waals surface area contributed by atoms with E-state index in [-0.39, 0.29) is 17.4 Å². The topological polar surface area (TPSA) is 90.6 Å². The van der Waals surface area contributed by atoms with Crippen LogP contribution in [0, 0.1) is 17.3 Å². The maximum atomic E-state index is 12.2. The summed E-state index contributed by atoms with van der Waals surface area (Å²) in [6.45, 7) is 5.32. The average molecular weight is 369 g/mol. The molecule has 0 saturated heterocycles. The molecule has 1 aromatic carbocycles. The fraction of sp³-hybridized carbons (Fsp3) is 0.211. The van der Waals surface area contributed by atoms with Gasteiger partial charge in [-0.3, -0.25) is 19.9 Å². The van der Waals surface area contributed by atoms with Crippen LogP contribution in [0.5, 0.6) is 0 Å². The number of amides is 1. The van der Waals surface area contributed by atoms with Crippen LogP contribution in [0.1, 0.15) is 32.0 Å². The number of anilines is 1. The first kappa shape index (κ1) is 17.8. The molecule has 0 fully saturated rings. The molecule has 0 radical (unpaired) electrons. The van der Waals surface area contributed by atoms with E-state index in [4.69, 9.17) is 11.6 Å². The normalized spacial score (nSPS) is 11.1. The summed E-state index contributed by atoms with van der Waals surface area (Å²) in [6, 6.07) is 8.85. The van der Waals surface area contributed by atoms with Crippen LogP contribution in [0.15, 0.2) is 35.1 Å². The van der Waals surface area contributed by atoms with Gasteiger partial charge >= 0.3 is 0 Å². The summed E-state index contributed by atoms with van der Waals surface area (Å²) in [4.78, 5) is 34.1. The molecule has 6 nitrogen and oxygen atoms in total. The van der Waals surface area contributed by atoms with Crippen molar-refractivity contribution in [3.63, 3.8) is 0 Å². The molecule has 3 N–H and O–H groups in total. The van der Waals surface area contributed by atoms with Gasteiger partial charge in [-0.2, -0.15) is 4.98 Å². The van der Waals surface area contributed by atoms with Gasteiger partial charge in [-0.15, -0.1) is 0 Å². The Morgan fingerprint density at radius 2 is 1.92 bits per heavy atom. The molecule has 0 aliphatic carbocycles. The Morgan fingerprint density at radius 3 is 2.62 bits per heavy atom. The maximum absolute atomic E-state index is 12.2. The molecule has 0 spiro atoms. The van der Waals surface area contributed by atoms with E-state index in [1.165, 1.54) is 0 Å². The van der Waals surface area contributed by atoms with E-state index in [1.807, 2.05) is 18.2 Å². The molecule has 2 aromatic heterocycles. The second-order valence-corrected chi connectivity index (χ2v) is 7.20. The van der Waals surface area contributed by atoms with Crippen LogP contribution in [-0.4, -0.2) is 20.9 Å². The van der Waals surface area contributed by atoms with Crippen molar-refractivity contribution in [1.29, 1.82) is 0 Å². The monoisotopic (exact) mass is 368 g/mol. The highest BCUT2D eigenvalue weighted by Gasteiger charge is 2.22. The van der Waals surface area contributed by atoms with E-state index in [0.29, 0.717) is 27.3 Å². The highest BCUT2D eigenvalue weighted by Crippen LogP contribution is 2.17. The number of carbonyl (C=O) groups is 1. The van der Waals surface area contributed by atoms with E-state index in [1.54, 1.807) is 32.9 Å². The van der Waals surface area contributed by atoms with Crippen LogP contribution >= 0.6 is 11.6 Å². The molecule has 0 unspecified atom stereocenters. The number of carbonyl (C=O) groups excluding carboxylic acids is 1. The van der Waals surface area contributed by atoms with Gasteiger partial charge in [-0.05, 0) is 24.1 Å². The number of nitrogens with one attached hydrogen (secondary N) is 3. The van der Waals surface area contributed by atoms with Gasteiger partial charge in [0.25, 0.3) is 5.56 Å². The highest BCUT2D eigenvalue weighted by molar-refractivity contribution is 6.31. The molecule has 0 bridgehead atoms. The lowest BCUT2D eigenvalue weighted by atomic mass is 9.96. The fourth-order valence-electron chi connectivity index (χ4n) is 2.14. The van der Waals surface area contributed by atoms with Gasteiger partial charge in [-0.25, -0.2) is 0 Å². The Morgan fingerprint density at radius 1 is 1.19 bits per heavy atom. The smallest absolute Gasteiger partial charge is 0.261 e. The van der Waals surface area contributed by atoms with Crippen molar-refractivity contribution < 1.29 is 4.79 Å². The minimum atomic E-state index is -0.602. The predicted octanol–water partition coefficient (Wildman–Crippen LogP) is 3.29. The van der Waals surface area contributed by atoms with Crippen LogP contribution in [0.4, 0.5) is 5.95 Å². The van der Waals surface area contributed by atoms with Gasteiger partial charge in [0, 0.05) is 11.0 Å². The van der Waals surface area contributed by atoms with E-state index in [2.05, 4.69) is 32.1 Å². The lowest BCUT2D eigenvalue weighted by molar-refractivity contribution is -0.123. The molecular formula is C19H17ClN4O2. The molecule has 0 atom stereocenters. The summed E-state index contributed by atoms with van der Waals surface area (Å²) < 4.78 is 0. The van der Waals surface area contributed by atoms with Crippen LogP contribution in [-0.2, 0) is 4.79 Å². The maximum Gasteiger partial charge on any atom is 0.261 e. The van der Waals surface area contributed by atoms with Crippen molar-refractivity contribution in [3.8, 4) is 11.8 Å². The van der Waals surface area contributed by atoms with Crippen molar-refractivity contribution in [2.24, 2.45) is 5.41 Å². The third-order valence-corrected chi connectivity index (χ3v) is 3.95. The van der Waals surface area contributed by atoms with Crippen molar-refractivity contribution in [2.45, 2.75) is 20.8 Å². The number of halogens is 1. The van der Waals surface area contributed by atoms with Crippen LogP contribution < -0.4 is 10.9 Å². The molecule has 26 heavy (non-hydrogen) atoms. The SMILES string of the molecule is CC(C)(C)C(=O)Nc1nc2[nH]c(C#Cc3ccccc3Cl)cc2c(=O)[nH]1. The molecule has 7 heteroatoms. The van der Waals surface area contributed by atoms with Crippen LogP contribution in [0.25, 0.3) is 11.0 Å². The molecular weight excluding hydrogens is 352 g/mol. The fourth-order valence-corrected chi connectivity index (χ4v) is 2.32. The Bertz CT molecular complexity index is 1110. The standard InChI is InChI=1S/C19H17ClN4O2/c1-19(2,3)17(26)24-18-22-15-13(16(25)23-18)10-12(21-15)9-8-11-6-4-5-7-14(11)20/h4-7,10H,1-3H3,(H3,21,22,23,24,25,26). The van der Waals surface area contributed by atoms with E-state index >= 15 is 0 Å². The first-order chi connectivity index (χ1) is 12.2. The first-order valence-corrected chi connectivity index (χ1v) is 8.33. The third kappa shape index (κ3) is 3.79. The van der Waals surface area contributed by atoms with Crippen LogP contribution in [0.3, 0.4) is 0 Å². The number of aromatic nitrogens is 3. The summed E-state index contributed by atoms with van der Waals surface area (Å²) in [5.74, 6) is 5.73. The Balaban J connectivity index is 1.95. The predicted molar refractivity (Wildman–Crippen MR) is 102 cm³/mol. The van der Waals surface area contributed by atoms with E-state index in [0.717, 1.165) is 0 Å². The van der Waals surface area contributed by atoms with Gasteiger partial charge < -0.3 is 4.98 Å². The zero-order valence-electron chi connectivity index (χ0n) is 14.5. The van der Waals surface area contributed by atoms with Gasteiger partial charge in [0.05, 0.1) is 16.1 Å². The Kier molecular flexibility index (Phi) is 4.58. The van der Waals surface area contributed by atoms with Crippen molar-refractivity contribution >= 4 is 34.5 Å². The first-order valence-electron chi connectivity index (χ1n) is 7.95. The highest BCUT2D eigenvalue weighted by atomic mass is 35.5. The minimum Gasteiger partial charge on any atom is -0.332 e. The summed E-state index contributed by atoms with van der Waals surface area (Å²) in [7, 11) is 0. The summed E-state index contributed by atoms with van der Waals surface area (Å²) in [5, 5.41) is 3.53. The number of aromatic amines is 2. The van der Waals surface area contributed by atoms with Gasteiger partial charge in [0.2, 0.25) is 11.9 Å². The number of hydrogen-bond donors (Lipinski definition) is 3. The largest absolute Gasteiger partial charge is 0.332 e.